The minimum Gasteiger partial charge on any atom is -0.479 e. The quantitative estimate of drug-likeness (QED) is 0.340. The van der Waals surface area contributed by atoms with Crippen molar-refractivity contribution in [1.82, 2.24) is 0 Å². The molecule has 1 aliphatic rings. The van der Waals surface area contributed by atoms with Crippen LogP contribution >= 0.6 is 0 Å². The molecule has 3 rings (SSSR count). The van der Waals surface area contributed by atoms with Crippen molar-refractivity contribution >= 4 is 27.3 Å². The number of rotatable bonds is 5. The number of aliphatic carboxylic acids is 1. The zero-order chi connectivity index (χ0) is 21.5. The lowest BCUT2D eigenvalue weighted by Gasteiger charge is -2.39. The molecule has 5 atom stereocenters. The van der Waals surface area contributed by atoms with Crippen molar-refractivity contribution in [3.05, 3.63) is 40.2 Å². The van der Waals surface area contributed by atoms with Crippen LogP contribution in [0, 0.1) is 6.92 Å². The van der Waals surface area contributed by atoms with Crippen LogP contribution in [-0.4, -0.2) is 65.0 Å². The van der Waals surface area contributed by atoms with Crippen molar-refractivity contribution < 1.29 is 51.2 Å². The first kappa shape index (κ1) is 21.2. The number of hydrogen-bond acceptors (Lipinski definition) is 10. The average Bonchev–Trinajstić information content (AvgIpc) is 2.59. The molecular formula is C16H16O12S. The molecule has 0 aliphatic carbocycles. The van der Waals surface area contributed by atoms with Gasteiger partial charge in [0.2, 0.25) is 6.29 Å². The van der Waals surface area contributed by atoms with E-state index in [9.17, 15) is 28.2 Å². The van der Waals surface area contributed by atoms with Crippen molar-refractivity contribution in [1.29, 1.82) is 0 Å². The number of benzene rings is 1. The third-order valence-electron chi connectivity index (χ3n) is 4.20. The highest BCUT2D eigenvalue weighted by atomic mass is 32.3. The Balaban J connectivity index is 1.97. The molecule has 2 unspecified atom stereocenters. The Morgan fingerprint density at radius 3 is 2.48 bits per heavy atom. The summed E-state index contributed by atoms with van der Waals surface area (Å²) >= 11 is 0. The van der Waals surface area contributed by atoms with Crippen LogP contribution < -0.4 is 10.4 Å². The van der Waals surface area contributed by atoms with Crippen molar-refractivity contribution in [2.24, 2.45) is 0 Å². The van der Waals surface area contributed by atoms with E-state index in [-0.39, 0.29) is 11.3 Å². The minimum absolute atomic E-state index is 0.0621. The number of aliphatic hydroxyl groups is 2. The molecule has 2 aromatic rings. The maximum Gasteiger partial charge on any atom is 0.397 e. The summed E-state index contributed by atoms with van der Waals surface area (Å²) in [5.41, 5.74) is 0.109. The van der Waals surface area contributed by atoms with Gasteiger partial charge in [0.25, 0.3) is 0 Å². The summed E-state index contributed by atoms with van der Waals surface area (Å²) in [4.78, 5) is 22.8. The summed E-state index contributed by atoms with van der Waals surface area (Å²) in [5, 5.41) is 29.6. The molecule has 1 saturated heterocycles. The van der Waals surface area contributed by atoms with E-state index in [0.29, 0.717) is 10.9 Å². The highest BCUT2D eigenvalue weighted by Crippen LogP contribution is 2.29. The first-order chi connectivity index (χ1) is 13.5. The van der Waals surface area contributed by atoms with Crippen molar-refractivity contribution in [2.45, 2.75) is 37.6 Å². The molecule has 29 heavy (non-hydrogen) atoms. The molecular weight excluding hydrogens is 416 g/mol. The fourth-order valence-corrected chi connectivity index (χ4v) is 3.38. The second-order valence-corrected chi connectivity index (χ2v) is 7.31. The first-order valence-corrected chi connectivity index (χ1v) is 9.44. The van der Waals surface area contributed by atoms with E-state index in [1.165, 1.54) is 24.3 Å². The lowest BCUT2D eigenvalue weighted by molar-refractivity contribution is -0.265. The molecule has 1 fully saturated rings. The van der Waals surface area contributed by atoms with Gasteiger partial charge in [-0.1, -0.05) is 0 Å². The molecule has 2 heterocycles. The van der Waals surface area contributed by atoms with E-state index in [4.69, 9.17) is 23.6 Å². The molecule has 1 aromatic heterocycles. The molecule has 158 valence electrons. The fraction of sp³-hybridized carbons (Fsp3) is 0.375. The lowest BCUT2D eigenvalue weighted by atomic mass is 9.99. The molecule has 1 aliphatic heterocycles. The van der Waals surface area contributed by atoms with Crippen LogP contribution in [0.1, 0.15) is 5.56 Å². The van der Waals surface area contributed by atoms with Crippen LogP contribution in [0.25, 0.3) is 11.0 Å². The van der Waals surface area contributed by atoms with Gasteiger partial charge in [0.05, 0.1) is 0 Å². The van der Waals surface area contributed by atoms with Crippen LogP contribution in [0.5, 0.6) is 5.75 Å². The monoisotopic (exact) mass is 432 g/mol. The maximum atomic E-state index is 11.5. The summed E-state index contributed by atoms with van der Waals surface area (Å²) in [7, 11) is -5.13. The third kappa shape index (κ3) is 4.55. The van der Waals surface area contributed by atoms with Crippen LogP contribution in [-0.2, 0) is 24.1 Å². The van der Waals surface area contributed by atoms with Gasteiger partial charge in [-0.05, 0) is 24.6 Å². The maximum absolute atomic E-state index is 11.5. The lowest BCUT2D eigenvalue weighted by Crippen LogP contribution is -2.62. The normalized spacial score (nSPS) is 27.7. The Labute approximate surface area is 162 Å². The summed E-state index contributed by atoms with van der Waals surface area (Å²) < 4.78 is 50.8. The van der Waals surface area contributed by atoms with Crippen LogP contribution in [0.2, 0.25) is 0 Å². The molecule has 0 radical (unpaired) electrons. The predicted octanol–water partition coefficient (Wildman–Crippen LogP) is -0.800. The number of carboxylic acid groups (broad SMARTS) is 1. The average molecular weight is 432 g/mol. The van der Waals surface area contributed by atoms with E-state index < -0.39 is 52.7 Å². The molecule has 0 spiro atoms. The number of hydrogen-bond donors (Lipinski definition) is 4. The number of aryl methyl sites for hydroxylation is 1. The Hall–Kier alpha value is -2.55. The zero-order valence-electron chi connectivity index (χ0n) is 14.7. The summed E-state index contributed by atoms with van der Waals surface area (Å²) in [6.07, 6.45) is -10.0. The van der Waals surface area contributed by atoms with Gasteiger partial charge < -0.3 is 29.2 Å². The number of aliphatic hydroxyl groups excluding tert-OH is 2. The first-order valence-electron chi connectivity index (χ1n) is 8.07. The van der Waals surface area contributed by atoms with E-state index in [1.807, 2.05) is 0 Å². The van der Waals surface area contributed by atoms with Gasteiger partial charge in [0.1, 0.15) is 23.5 Å². The van der Waals surface area contributed by atoms with E-state index >= 15 is 0 Å². The van der Waals surface area contributed by atoms with E-state index in [0.717, 1.165) is 0 Å². The number of fused-ring (bicyclic) bond motifs is 1. The number of ether oxygens (including phenoxy) is 2. The molecule has 13 heteroatoms. The zero-order valence-corrected chi connectivity index (χ0v) is 15.5. The molecule has 4 N–H and O–H groups in total. The molecule has 0 saturated carbocycles. The predicted molar refractivity (Wildman–Crippen MR) is 92.6 cm³/mol. The smallest absolute Gasteiger partial charge is 0.397 e. The molecule has 0 amide bonds. The van der Waals surface area contributed by atoms with Crippen LogP contribution in [0.3, 0.4) is 0 Å². The second kappa shape index (κ2) is 7.70. The van der Waals surface area contributed by atoms with E-state index in [2.05, 4.69) is 4.18 Å². The van der Waals surface area contributed by atoms with Gasteiger partial charge in [0, 0.05) is 17.5 Å². The van der Waals surface area contributed by atoms with Gasteiger partial charge in [-0.3, -0.25) is 4.55 Å². The number of carboxylic acids is 1. The van der Waals surface area contributed by atoms with Gasteiger partial charge >= 0.3 is 22.0 Å². The highest BCUT2D eigenvalue weighted by molar-refractivity contribution is 7.80. The largest absolute Gasteiger partial charge is 0.479 e. The SMILES string of the molecule is Cc1cc(=O)oc2cc(O[C@@H]3OC(C(=O)O)[C@@H](O)[C@@H](O)C3OS(=O)(=O)O)ccc12. The standard InChI is InChI=1S/C16H16O12S/c1-6-4-10(17)26-9-5-7(2-3-8(6)9)25-16-14(28-29(22,23)24)12(19)11(18)13(27-16)15(20)21/h2-5,11-14,16,18-19H,1H3,(H,20,21)(H,22,23,24)/t11-,12+,13?,14?,16+/m0/s1. The number of carbonyl (C=O) groups is 1. The third-order valence-corrected chi connectivity index (χ3v) is 4.66. The molecule has 12 nitrogen and oxygen atoms in total. The second-order valence-electron chi connectivity index (χ2n) is 6.26. The van der Waals surface area contributed by atoms with Gasteiger partial charge in [0.15, 0.2) is 12.2 Å². The summed E-state index contributed by atoms with van der Waals surface area (Å²) in [5.74, 6) is -1.72. The Kier molecular flexibility index (Phi) is 5.62. The van der Waals surface area contributed by atoms with E-state index in [1.54, 1.807) is 6.92 Å². The van der Waals surface area contributed by atoms with Crippen LogP contribution in [0.4, 0.5) is 0 Å². The van der Waals surface area contributed by atoms with Crippen molar-refractivity contribution in [3.8, 4) is 5.75 Å². The highest BCUT2D eigenvalue weighted by Gasteiger charge is 2.51. The molecule has 1 aromatic carbocycles. The summed E-state index contributed by atoms with van der Waals surface area (Å²) in [6, 6.07) is 5.43. The van der Waals surface area contributed by atoms with Crippen molar-refractivity contribution in [3.63, 3.8) is 0 Å². The minimum atomic E-state index is -5.13. The van der Waals surface area contributed by atoms with Gasteiger partial charge in [-0.2, -0.15) is 8.42 Å². The topological polar surface area (TPSA) is 190 Å². The van der Waals surface area contributed by atoms with Gasteiger partial charge in [-0.15, -0.1) is 0 Å². The van der Waals surface area contributed by atoms with Gasteiger partial charge in [-0.25, -0.2) is 13.8 Å². The fourth-order valence-electron chi connectivity index (χ4n) is 2.89. The Morgan fingerprint density at radius 2 is 1.86 bits per heavy atom. The molecule has 0 bridgehead atoms. The summed E-state index contributed by atoms with van der Waals surface area (Å²) in [6.45, 7) is 1.68. The van der Waals surface area contributed by atoms with Crippen molar-refractivity contribution in [2.75, 3.05) is 0 Å². The van der Waals surface area contributed by atoms with Crippen LogP contribution in [0.15, 0.2) is 33.5 Å². The Bertz CT molecular complexity index is 1090. The Morgan fingerprint density at radius 1 is 1.17 bits per heavy atom.